The smallest absolute Gasteiger partial charge is 0.408 e. The van der Waals surface area contributed by atoms with Crippen molar-refractivity contribution in [3.8, 4) is 22.5 Å². The van der Waals surface area contributed by atoms with Crippen molar-refractivity contribution < 1.29 is 33.8 Å². The number of aromatic nitrogens is 3. The topological polar surface area (TPSA) is 202 Å². The summed E-state index contributed by atoms with van der Waals surface area (Å²) in [5.41, 5.74) is 6.83. The van der Waals surface area contributed by atoms with Gasteiger partial charge in [-0.1, -0.05) is 84.9 Å². The van der Waals surface area contributed by atoms with Crippen molar-refractivity contribution in [1.82, 2.24) is 35.6 Å². The van der Waals surface area contributed by atoms with E-state index in [-0.39, 0.29) is 29.9 Å². The van der Waals surface area contributed by atoms with E-state index in [9.17, 15) is 29.1 Å². The highest BCUT2D eigenvalue weighted by Crippen LogP contribution is 2.36. The Hall–Kier alpha value is -7.42. The highest BCUT2D eigenvalue weighted by molar-refractivity contribution is 6.00. The number of hydrogen-bond acceptors (Lipinski definition) is 7. The zero-order chi connectivity index (χ0) is 43.3. The van der Waals surface area contributed by atoms with Gasteiger partial charge in [-0.15, -0.1) is 0 Å². The molecule has 2 aliphatic rings. The number of carboxylic acid groups (broad SMARTS) is 1. The number of benzene rings is 4. The standard InChI is InChI=1S/C47H48N8O7/c1-28(2)62-47(61)51-42(32-13-7-4-8-14-32)45(58)55-24-10-16-40(55)43(56)48-34-21-22-35-33(25-34)26-36(49-35)29-17-19-30(20-18-29)37-27-38(53-52-37)39-15-9-23-54(39)44(57)41(50-46(59)60)31-11-5-3-6-12-31/h3-8,11-14,17-22,25-28,39-42,49-50H,9-10,15-16,23-24H2,1-2H3,(H,48,56)(H,51,61)(H,52,53)(H,59,60)/t39-,40-,41+,42+/m0/s1. The van der Waals surface area contributed by atoms with Gasteiger partial charge in [0.15, 0.2) is 0 Å². The number of rotatable bonds is 12. The summed E-state index contributed by atoms with van der Waals surface area (Å²) >= 11 is 0. The molecule has 0 unspecified atom stereocenters. The molecule has 2 saturated heterocycles. The largest absolute Gasteiger partial charge is 0.465 e. The molecule has 0 radical (unpaired) electrons. The van der Waals surface area contributed by atoms with Crippen molar-refractivity contribution in [2.45, 2.75) is 69.8 Å². The van der Waals surface area contributed by atoms with Gasteiger partial charge in [0.25, 0.3) is 5.91 Å². The van der Waals surface area contributed by atoms with Crippen LogP contribution in [0.5, 0.6) is 0 Å². The summed E-state index contributed by atoms with van der Waals surface area (Å²) in [5, 5.41) is 26.2. The SMILES string of the molecule is CC(C)OC(=O)N[C@@H](C(=O)N1CCC[C@H]1C(=O)Nc1ccc2[nH]c(-c3ccc(-c4cc([C@@H]5CCCN5C(=O)[C@H](NC(=O)O)c5ccccc5)[nH]n4)cc3)cc2c1)c1ccccc1. The second kappa shape index (κ2) is 18.1. The Morgan fingerprint density at radius 1 is 0.742 bits per heavy atom. The molecule has 5 amide bonds. The predicted octanol–water partition coefficient (Wildman–Crippen LogP) is 7.70. The first-order valence-electron chi connectivity index (χ1n) is 20.8. The van der Waals surface area contributed by atoms with Crippen LogP contribution in [0.2, 0.25) is 0 Å². The number of nitrogens with one attached hydrogen (secondary N) is 5. The molecule has 2 aromatic heterocycles. The molecule has 4 heterocycles. The van der Waals surface area contributed by atoms with Crippen molar-refractivity contribution in [2.24, 2.45) is 0 Å². The minimum absolute atomic E-state index is 0.276. The molecule has 4 atom stereocenters. The molecule has 0 saturated carbocycles. The van der Waals surface area contributed by atoms with E-state index in [0.717, 1.165) is 46.3 Å². The summed E-state index contributed by atoms with van der Waals surface area (Å²) in [6, 6.07) is 32.3. The third-order valence-corrected chi connectivity index (χ3v) is 11.3. The lowest BCUT2D eigenvalue weighted by atomic mass is 10.0. The fraction of sp³-hybridized carbons (Fsp3) is 0.277. The predicted molar refractivity (Wildman–Crippen MR) is 233 cm³/mol. The minimum atomic E-state index is -1.27. The second-order valence-electron chi connectivity index (χ2n) is 15.9. The van der Waals surface area contributed by atoms with Gasteiger partial charge in [-0.3, -0.25) is 19.5 Å². The van der Waals surface area contributed by atoms with E-state index >= 15 is 0 Å². The maximum absolute atomic E-state index is 14.0. The van der Waals surface area contributed by atoms with Gasteiger partial charge in [0.2, 0.25) is 11.8 Å². The lowest BCUT2D eigenvalue weighted by Crippen LogP contribution is -2.48. The number of carbonyl (C=O) groups is 5. The van der Waals surface area contributed by atoms with Crippen molar-refractivity contribution >= 4 is 46.5 Å². The van der Waals surface area contributed by atoms with Crippen LogP contribution in [0.4, 0.5) is 15.3 Å². The number of carbonyl (C=O) groups excluding carboxylic acids is 4. The Morgan fingerprint density at radius 2 is 1.37 bits per heavy atom. The maximum atomic E-state index is 14.0. The zero-order valence-corrected chi connectivity index (χ0v) is 34.3. The van der Waals surface area contributed by atoms with Gasteiger partial charge in [-0.05, 0) is 86.6 Å². The van der Waals surface area contributed by atoms with E-state index in [1.165, 1.54) is 4.90 Å². The van der Waals surface area contributed by atoms with Crippen molar-refractivity contribution in [1.29, 1.82) is 0 Å². The molecule has 6 N–H and O–H groups in total. The average Bonchev–Trinajstić information content (AvgIpc) is 4.11. The molecule has 2 aliphatic heterocycles. The molecule has 0 bridgehead atoms. The summed E-state index contributed by atoms with van der Waals surface area (Å²) in [5.74, 6) is -0.995. The Labute approximate surface area is 357 Å². The number of likely N-dealkylation sites (tertiary alicyclic amines) is 2. The molecule has 15 heteroatoms. The molecule has 318 valence electrons. The van der Waals surface area contributed by atoms with Crippen LogP contribution in [0, 0.1) is 0 Å². The molecule has 2 fully saturated rings. The Morgan fingerprint density at radius 3 is 2.05 bits per heavy atom. The van der Waals surface area contributed by atoms with E-state index in [2.05, 4.69) is 31.1 Å². The van der Waals surface area contributed by atoms with Crippen LogP contribution in [0.15, 0.2) is 115 Å². The van der Waals surface area contributed by atoms with Crippen molar-refractivity contribution in [3.63, 3.8) is 0 Å². The Balaban J connectivity index is 0.928. The van der Waals surface area contributed by atoms with E-state index in [4.69, 9.17) is 4.74 Å². The Kier molecular flexibility index (Phi) is 12.0. The summed E-state index contributed by atoms with van der Waals surface area (Å²) < 4.78 is 5.28. The molecular weight excluding hydrogens is 789 g/mol. The quantitative estimate of drug-likeness (QED) is 0.0720. The number of amides is 5. The second-order valence-corrected chi connectivity index (χ2v) is 15.9. The summed E-state index contributed by atoms with van der Waals surface area (Å²) in [6.07, 6.45) is 0.283. The van der Waals surface area contributed by atoms with Gasteiger partial charge in [0.05, 0.1) is 23.5 Å². The fourth-order valence-electron chi connectivity index (χ4n) is 8.41. The van der Waals surface area contributed by atoms with E-state index in [0.29, 0.717) is 48.4 Å². The van der Waals surface area contributed by atoms with Gasteiger partial charge >= 0.3 is 12.2 Å². The first kappa shape index (κ1) is 41.3. The normalized spacial score (nSPS) is 17.1. The number of hydrogen-bond donors (Lipinski definition) is 6. The van der Waals surface area contributed by atoms with Gasteiger partial charge < -0.3 is 40.6 Å². The Bertz CT molecular complexity index is 2570. The van der Waals surface area contributed by atoms with Crippen LogP contribution < -0.4 is 16.0 Å². The molecule has 6 aromatic rings. The summed E-state index contributed by atoms with van der Waals surface area (Å²) in [6.45, 7) is 4.34. The fourth-order valence-corrected chi connectivity index (χ4v) is 8.41. The molecule has 62 heavy (non-hydrogen) atoms. The van der Waals surface area contributed by atoms with Crippen LogP contribution in [-0.4, -0.2) is 85.2 Å². The minimum Gasteiger partial charge on any atom is -0.465 e. The van der Waals surface area contributed by atoms with E-state index < -0.39 is 30.3 Å². The van der Waals surface area contributed by atoms with Crippen LogP contribution in [0.1, 0.15) is 74.5 Å². The number of alkyl carbamates (subject to hydrolysis) is 1. The lowest BCUT2D eigenvalue weighted by molar-refractivity contribution is -0.138. The third-order valence-electron chi connectivity index (χ3n) is 11.3. The van der Waals surface area contributed by atoms with Gasteiger partial charge in [0.1, 0.15) is 18.1 Å². The van der Waals surface area contributed by atoms with Crippen LogP contribution >= 0.6 is 0 Å². The number of anilines is 1. The summed E-state index contributed by atoms with van der Waals surface area (Å²) in [4.78, 5) is 72.4. The monoisotopic (exact) mass is 836 g/mol. The van der Waals surface area contributed by atoms with Crippen LogP contribution in [0.25, 0.3) is 33.4 Å². The van der Waals surface area contributed by atoms with Gasteiger partial charge in [0, 0.05) is 40.9 Å². The van der Waals surface area contributed by atoms with Gasteiger partial charge in [-0.25, -0.2) is 9.59 Å². The molecule has 4 aromatic carbocycles. The highest BCUT2D eigenvalue weighted by Gasteiger charge is 2.39. The molecule has 0 aliphatic carbocycles. The van der Waals surface area contributed by atoms with Crippen molar-refractivity contribution in [3.05, 3.63) is 132 Å². The number of ether oxygens (including phenoxy) is 1. The number of nitrogens with zero attached hydrogens (tertiary/aromatic N) is 3. The summed E-state index contributed by atoms with van der Waals surface area (Å²) in [7, 11) is 0. The first-order valence-corrected chi connectivity index (χ1v) is 20.8. The van der Waals surface area contributed by atoms with Crippen LogP contribution in [-0.2, 0) is 19.1 Å². The maximum Gasteiger partial charge on any atom is 0.408 e. The number of fused-ring (bicyclic) bond motifs is 1. The molecule has 0 spiro atoms. The van der Waals surface area contributed by atoms with Crippen molar-refractivity contribution in [2.75, 3.05) is 18.4 Å². The highest BCUT2D eigenvalue weighted by atomic mass is 16.6. The number of aromatic amines is 2. The lowest BCUT2D eigenvalue weighted by Gasteiger charge is -2.29. The van der Waals surface area contributed by atoms with E-state index in [1.807, 2.05) is 66.7 Å². The van der Waals surface area contributed by atoms with Crippen LogP contribution in [0.3, 0.4) is 0 Å². The third kappa shape index (κ3) is 9.01. The van der Waals surface area contributed by atoms with Gasteiger partial charge in [-0.2, -0.15) is 5.10 Å². The first-order chi connectivity index (χ1) is 30.0. The molecule has 15 nitrogen and oxygen atoms in total. The molecular formula is C47H48N8O7. The number of H-pyrrole nitrogens is 2. The average molecular weight is 837 g/mol. The zero-order valence-electron chi connectivity index (χ0n) is 34.3. The molecule has 8 rings (SSSR count). The van der Waals surface area contributed by atoms with E-state index in [1.54, 1.807) is 67.3 Å².